The van der Waals surface area contributed by atoms with Crippen LogP contribution in [0.15, 0.2) is 6.20 Å². The fraction of sp³-hybridized carbons (Fsp3) is 0.538. The van der Waals surface area contributed by atoms with Crippen molar-refractivity contribution >= 4 is 17.8 Å². The van der Waals surface area contributed by atoms with E-state index in [2.05, 4.69) is 15.3 Å². The third-order valence-electron chi connectivity index (χ3n) is 3.83. The van der Waals surface area contributed by atoms with E-state index in [9.17, 15) is 9.59 Å². The summed E-state index contributed by atoms with van der Waals surface area (Å²) in [6.07, 6.45) is 2.86. The van der Waals surface area contributed by atoms with Crippen molar-refractivity contribution in [2.45, 2.75) is 32.2 Å². The topological polar surface area (TPSA) is 101 Å². The van der Waals surface area contributed by atoms with E-state index in [4.69, 9.17) is 5.73 Å². The van der Waals surface area contributed by atoms with Gasteiger partial charge in [0.25, 0.3) is 5.91 Å². The first-order chi connectivity index (χ1) is 9.40. The second-order valence-electron chi connectivity index (χ2n) is 5.14. The number of hydrogen-bond donors (Lipinski definition) is 2. The maximum absolute atomic E-state index is 12.6. The van der Waals surface area contributed by atoms with E-state index in [1.54, 1.807) is 25.8 Å². The lowest BCUT2D eigenvalue weighted by atomic mass is 9.97. The number of nitrogens with one attached hydrogen (secondary N) is 1. The molecule has 0 saturated carbocycles. The number of nitrogens with zero attached hydrogens (tertiary/aromatic N) is 3. The zero-order valence-electron chi connectivity index (χ0n) is 11.9. The van der Waals surface area contributed by atoms with Crippen molar-refractivity contribution in [2.75, 3.05) is 19.3 Å². The number of amides is 2. The number of anilines is 1. The van der Waals surface area contributed by atoms with Crippen LogP contribution in [0, 0.1) is 6.92 Å². The summed E-state index contributed by atoms with van der Waals surface area (Å²) in [6.45, 7) is 4.04. The maximum atomic E-state index is 12.6. The Kier molecular flexibility index (Phi) is 3.61. The minimum absolute atomic E-state index is 0.134. The van der Waals surface area contributed by atoms with Gasteiger partial charge in [-0.3, -0.25) is 9.59 Å². The van der Waals surface area contributed by atoms with E-state index in [1.807, 2.05) is 0 Å². The lowest BCUT2D eigenvalue weighted by molar-refractivity contribution is -0.129. The van der Waals surface area contributed by atoms with E-state index in [-0.39, 0.29) is 17.8 Å². The molecule has 108 valence electrons. The molecule has 3 N–H and O–H groups in total. The summed E-state index contributed by atoms with van der Waals surface area (Å²) in [6, 6.07) is 0. The zero-order chi connectivity index (χ0) is 14.9. The summed E-state index contributed by atoms with van der Waals surface area (Å²) in [5.74, 6) is -0.252. The van der Waals surface area contributed by atoms with Crippen LogP contribution in [-0.2, 0) is 4.79 Å². The Morgan fingerprint density at radius 2 is 2.20 bits per heavy atom. The van der Waals surface area contributed by atoms with Gasteiger partial charge < -0.3 is 16.0 Å². The Bertz CT molecular complexity index is 560. The number of hydrogen-bond acceptors (Lipinski definition) is 5. The number of nitrogen functional groups attached to an aromatic ring is 1. The van der Waals surface area contributed by atoms with Gasteiger partial charge in [-0.2, -0.15) is 0 Å². The van der Waals surface area contributed by atoms with Crippen LogP contribution in [-0.4, -0.2) is 45.8 Å². The Balaban J connectivity index is 2.35. The number of likely N-dealkylation sites (N-methyl/N-ethyl adjacent to an activating group) is 1. The van der Waals surface area contributed by atoms with Crippen LogP contribution < -0.4 is 11.1 Å². The first kappa shape index (κ1) is 14.2. The van der Waals surface area contributed by atoms with Crippen molar-refractivity contribution in [1.29, 1.82) is 0 Å². The average molecular weight is 277 g/mol. The number of nitrogens with two attached hydrogens (primary N) is 1. The number of aromatic nitrogens is 2. The molecule has 1 aromatic heterocycles. The first-order valence-corrected chi connectivity index (χ1v) is 6.53. The van der Waals surface area contributed by atoms with Gasteiger partial charge in [-0.25, -0.2) is 9.97 Å². The summed E-state index contributed by atoms with van der Waals surface area (Å²) in [4.78, 5) is 34.2. The number of carbonyl (C=O) groups excluding carboxylic acids is 2. The first-order valence-electron chi connectivity index (χ1n) is 6.53. The van der Waals surface area contributed by atoms with Gasteiger partial charge in [0.1, 0.15) is 5.54 Å². The highest BCUT2D eigenvalue weighted by molar-refractivity contribution is 6.00. The fourth-order valence-corrected chi connectivity index (χ4v) is 2.63. The van der Waals surface area contributed by atoms with E-state index in [0.717, 1.165) is 6.42 Å². The van der Waals surface area contributed by atoms with Gasteiger partial charge >= 0.3 is 0 Å². The molecule has 1 aromatic rings. The molecular formula is C13H19N5O2. The number of aryl methyl sites for hydroxylation is 1. The molecule has 7 heteroatoms. The monoisotopic (exact) mass is 277 g/mol. The molecule has 2 amide bonds. The molecule has 1 unspecified atom stereocenters. The molecule has 0 aromatic carbocycles. The van der Waals surface area contributed by atoms with Crippen LogP contribution in [0.3, 0.4) is 0 Å². The van der Waals surface area contributed by atoms with Crippen LogP contribution in [0.5, 0.6) is 0 Å². The van der Waals surface area contributed by atoms with Crippen molar-refractivity contribution in [2.24, 2.45) is 0 Å². The Labute approximate surface area is 117 Å². The molecule has 2 rings (SSSR count). The molecule has 7 nitrogen and oxygen atoms in total. The summed E-state index contributed by atoms with van der Waals surface area (Å²) in [5, 5.41) is 2.62. The molecule has 20 heavy (non-hydrogen) atoms. The normalized spacial score (nSPS) is 21.9. The van der Waals surface area contributed by atoms with Gasteiger partial charge in [0, 0.05) is 19.8 Å². The predicted octanol–water partition coefficient (Wildman–Crippen LogP) is 0.108. The van der Waals surface area contributed by atoms with E-state index < -0.39 is 5.54 Å². The third-order valence-corrected chi connectivity index (χ3v) is 3.83. The molecule has 0 bridgehead atoms. The second-order valence-corrected chi connectivity index (χ2v) is 5.14. The van der Waals surface area contributed by atoms with Crippen molar-refractivity contribution in [3.8, 4) is 0 Å². The van der Waals surface area contributed by atoms with Crippen molar-refractivity contribution in [3.05, 3.63) is 17.5 Å². The van der Waals surface area contributed by atoms with E-state index in [1.165, 1.54) is 6.20 Å². The van der Waals surface area contributed by atoms with E-state index >= 15 is 0 Å². The maximum Gasteiger partial charge on any atom is 0.258 e. The largest absolute Gasteiger partial charge is 0.368 e. The van der Waals surface area contributed by atoms with Crippen LogP contribution in [0.25, 0.3) is 0 Å². The van der Waals surface area contributed by atoms with Crippen LogP contribution in [0.4, 0.5) is 5.95 Å². The summed E-state index contributed by atoms with van der Waals surface area (Å²) in [7, 11) is 1.58. The molecule has 2 heterocycles. The molecular weight excluding hydrogens is 258 g/mol. The van der Waals surface area contributed by atoms with Crippen LogP contribution in [0.2, 0.25) is 0 Å². The summed E-state index contributed by atoms with van der Waals surface area (Å²) >= 11 is 0. The fourth-order valence-electron chi connectivity index (χ4n) is 2.63. The Hall–Kier alpha value is -2.18. The quantitative estimate of drug-likeness (QED) is 0.799. The third kappa shape index (κ3) is 2.19. The number of carbonyl (C=O) groups is 2. The van der Waals surface area contributed by atoms with Crippen molar-refractivity contribution < 1.29 is 9.59 Å². The zero-order valence-corrected chi connectivity index (χ0v) is 11.9. The summed E-state index contributed by atoms with van der Waals surface area (Å²) in [5.41, 5.74) is 5.58. The van der Waals surface area contributed by atoms with Gasteiger partial charge in [0.05, 0.1) is 11.3 Å². The Morgan fingerprint density at radius 3 is 2.80 bits per heavy atom. The lowest BCUT2D eigenvalue weighted by Crippen LogP contribution is -2.54. The second kappa shape index (κ2) is 5.07. The molecule has 0 radical (unpaired) electrons. The van der Waals surface area contributed by atoms with Crippen LogP contribution >= 0.6 is 0 Å². The summed E-state index contributed by atoms with van der Waals surface area (Å²) < 4.78 is 0. The highest BCUT2D eigenvalue weighted by Crippen LogP contribution is 2.31. The molecule has 1 fully saturated rings. The standard InChI is InChI=1S/C13H19N5O2/c1-8-9(7-16-12(14)17-8)10(19)18-6-4-5-13(18,2)11(20)15-3/h7H,4-6H2,1-3H3,(H,15,20)(H2,14,16,17). The van der Waals surface area contributed by atoms with Gasteiger partial charge in [-0.15, -0.1) is 0 Å². The molecule has 0 aliphatic carbocycles. The molecule has 1 aliphatic heterocycles. The number of likely N-dealkylation sites (tertiary alicyclic amines) is 1. The lowest BCUT2D eigenvalue weighted by Gasteiger charge is -2.33. The van der Waals surface area contributed by atoms with Crippen molar-refractivity contribution in [3.63, 3.8) is 0 Å². The van der Waals surface area contributed by atoms with Gasteiger partial charge in [0.15, 0.2) is 0 Å². The smallest absolute Gasteiger partial charge is 0.258 e. The average Bonchev–Trinajstić information content (AvgIpc) is 2.80. The van der Waals surface area contributed by atoms with Crippen LogP contribution in [0.1, 0.15) is 35.8 Å². The molecule has 1 aliphatic rings. The van der Waals surface area contributed by atoms with E-state index in [0.29, 0.717) is 24.2 Å². The molecule has 1 saturated heterocycles. The Morgan fingerprint density at radius 1 is 1.50 bits per heavy atom. The highest BCUT2D eigenvalue weighted by Gasteiger charge is 2.45. The predicted molar refractivity (Wildman–Crippen MR) is 73.9 cm³/mol. The van der Waals surface area contributed by atoms with Gasteiger partial charge in [-0.05, 0) is 26.7 Å². The molecule has 1 atom stereocenters. The molecule has 0 spiro atoms. The van der Waals surface area contributed by atoms with Crippen molar-refractivity contribution in [1.82, 2.24) is 20.2 Å². The van der Waals surface area contributed by atoms with Gasteiger partial charge in [-0.1, -0.05) is 0 Å². The minimum Gasteiger partial charge on any atom is -0.368 e. The highest BCUT2D eigenvalue weighted by atomic mass is 16.2. The van der Waals surface area contributed by atoms with Gasteiger partial charge in [0.2, 0.25) is 11.9 Å². The number of rotatable bonds is 2. The minimum atomic E-state index is -0.820. The SMILES string of the molecule is CNC(=O)C1(C)CCCN1C(=O)c1cnc(N)nc1C.